The molecule has 0 bridgehead atoms. The fraction of sp³-hybridized carbons (Fsp3) is 0.167. The van der Waals surface area contributed by atoms with Gasteiger partial charge in [0, 0.05) is 6.20 Å². The van der Waals surface area contributed by atoms with Gasteiger partial charge in [-0.05, 0) is 34.5 Å². The first-order valence-corrected chi connectivity index (χ1v) is 5.98. The van der Waals surface area contributed by atoms with Crippen molar-refractivity contribution in [1.29, 1.82) is 0 Å². The van der Waals surface area contributed by atoms with E-state index in [4.69, 9.17) is 5.11 Å². The fourth-order valence-corrected chi connectivity index (χ4v) is 2.04. The largest absolute Gasteiger partial charge is 0.478 e. The maximum Gasteiger partial charge on any atom is 0.339 e. The van der Waals surface area contributed by atoms with E-state index in [0.717, 1.165) is 0 Å². The Hall–Kier alpha value is -1.69. The van der Waals surface area contributed by atoms with Crippen LogP contribution in [0.4, 0.5) is 4.39 Å². The van der Waals surface area contributed by atoms with Gasteiger partial charge in [-0.3, -0.25) is 4.68 Å². The number of aryl methyl sites for hydroxylation is 1. The quantitative estimate of drug-likeness (QED) is 0.948. The molecular weight excluding hydrogens is 303 g/mol. The van der Waals surface area contributed by atoms with Crippen LogP contribution < -0.4 is 0 Å². The molecule has 0 aliphatic heterocycles. The maximum absolute atomic E-state index is 13.3. The number of halogens is 2. The van der Waals surface area contributed by atoms with Gasteiger partial charge in [-0.15, -0.1) is 0 Å². The first kappa shape index (κ1) is 12.8. The van der Waals surface area contributed by atoms with Crippen LogP contribution in [-0.4, -0.2) is 20.9 Å². The molecule has 1 aromatic heterocycles. The predicted molar refractivity (Wildman–Crippen MR) is 67.1 cm³/mol. The Morgan fingerprint density at radius 3 is 2.89 bits per heavy atom. The molecule has 1 N–H and O–H groups in total. The molecule has 0 aliphatic carbocycles. The van der Waals surface area contributed by atoms with Crippen LogP contribution >= 0.6 is 15.9 Å². The normalized spacial score (nSPS) is 10.6. The topological polar surface area (TPSA) is 55.1 Å². The fourth-order valence-electron chi connectivity index (χ4n) is 1.65. The van der Waals surface area contributed by atoms with Gasteiger partial charge < -0.3 is 5.11 Å². The average Bonchev–Trinajstić information content (AvgIpc) is 2.66. The molecule has 0 aliphatic rings. The molecule has 0 atom stereocenters. The van der Waals surface area contributed by atoms with E-state index < -0.39 is 5.97 Å². The number of carbonyl (C=O) groups is 1. The standard InChI is InChI=1S/C12H10BrFN2O2/c1-7-9(12(17)18)6-16(15-7)5-8-3-2-4-10(14)11(8)13/h2-4,6H,5H2,1H3,(H,17,18). The lowest BCUT2D eigenvalue weighted by molar-refractivity contribution is 0.0696. The number of benzene rings is 1. The molecule has 0 amide bonds. The minimum atomic E-state index is -1.02. The Labute approximate surface area is 111 Å². The van der Waals surface area contributed by atoms with Crippen molar-refractivity contribution in [3.8, 4) is 0 Å². The lowest BCUT2D eigenvalue weighted by atomic mass is 10.2. The summed E-state index contributed by atoms with van der Waals surface area (Å²) in [5, 5.41) is 13.0. The Kier molecular flexibility index (Phi) is 3.47. The summed E-state index contributed by atoms with van der Waals surface area (Å²) in [6.07, 6.45) is 1.44. The van der Waals surface area contributed by atoms with Gasteiger partial charge in [-0.1, -0.05) is 12.1 Å². The minimum absolute atomic E-state index is 0.155. The molecule has 0 unspecified atom stereocenters. The van der Waals surface area contributed by atoms with Crippen molar-refractivity contribution in [2.75, 3.05) is 0 Å². The molecule has 1 aromatic carbocycles. The molecule has 2 rings (SSSR count). The van der Waals surface area contributed by atoms with Gasteiger partial charge >= 0.3 is 5.97 Å². The third kappa shape index (κ3) is 2.43. The summed E-state index contributed by atoms with van der Waals surface area (Å²) in [7, 11) is 0. The van der Waals surface area contributed by atoms with Crippen LogP contribution in [-0.2, 0) is 6.54 Å². The lowest BCUT2D eigenvalue weighted by Gasteiger charge is -2.05. The van der Waals surface area contributed by atoms with E-state index in [1.165, 1.54) is 16.9 Å². The zero-order valence-corrected chi connectivity index (χ0v) is 11.1. The van der Waals surface area contributed by atoms with Crippen LogP contribution in [0.2, 0.25) is 0 Å². The average molecular weight is 313 g/mol. The van der Waals surface area contributed by atoms with Crippen LogP contribution in [0.5, 0.6) is 0 Å². The third-order valence-electron chi connectivity index (χ3n) is 2.54. The highest BCUT2D eigenvalue weighted by atomic mass is 79.9. The smallest absolute Gasteiger partial charge is 0.339 e. The van der Waals surface area contributed by atoms with Crippen LogP contribution in [0.15, 0.2) is 28.9 Å². The van der Waals surface area contributed by atoms with E-state index >= 15 is 0 Å². The number of aromatic carboxylic acids is 1. The highest BCUT2D eigenvalue weighted by molar-refractivity contribution is 9.10. The summed E-state index contributed by atoms with van der Waals surface area (Å²) < 4.78 is 15.2. The van der Waals surface area contributed by atoms with Gasteiger partial charge in [0.15, 0.2) is 0 Å². The van der Waals surface area contributed by atoms with Gasteiger partial charge in [0.2, 0.25) is 0 Å². The number of rotatable bonds is 3. The highest BCUT2D eigenvalue weighted by Crippen LogP contribution is 2.21. The van der Waals surface area contributed by atoms with Gasteiger partial charge in [-0.25, -0.2) is 9.18 Å². The predicted octanol–water partition coefficient (Wildman–Crippen LogP) is 2.84. The second-order valence-corrected chi connectivity index (χ2v) is 4.64. The molecule has 94 valence electrons. The van der Waals surface area contributed by atoms with E-state index in [1.807, 2.05) is 0 Å². The Morgan fingerprint density at radius 2 is 2.28 bits per heavy atom. The van der Waals surface area contributed by atoms with Crippen LogP contribution in [0, 0.1) is 12.7 Å². The van der Waals surface area contributed by atoms with Gasteiger partial charge in [0.05, 0.1) is 16.7 Å². The van der Waals surface area contributed by atoms with Crippen molar-refractivity contribution in [2.24, 2.45) is 0 Å². The highest BCUT2D eigenvalue weighted by Gasteiger charge is 2.13. The van der Waals surface area contributed by atoms with Crippen molar-refractivity contribution in [3.63, 3.8) is 0 Å². The molecule has 0 radical (unpaired) electrons. The zero-order chi connectivity index (χ0) is 13.3. The maximum atomic E-state index is 13.3. The molecule has 6 heteroatoms. The van der Waals surface area contributed by atoms with Crippen LogP contribution in [0.3, 0.4) is 0 Å². The van der Waals surface area contributed by atoms with E-state index in [-0.39, 0.29) is 11.4 Å². The van der Waals surface area contributed by atoms with Crippen LogP contribution in [0.25, 0.3) is 0 Å². The van der Waals surface area contributed by atoms with E-state index in [0.29, 0.717) is 22.3 Å². The minimum Gasteiger partial charge on any atom is -0.478 e. The molecule has 4 nitrogen and oxygen atoms in total. The van der Waals surface area contributed by atoms with Crippen LogP contribution in [0.1, 0.15) is 21.6 Å². The SMILES string of the molecule is Cc1nn(Cc2cccc(F)c2Br)cc1C(=O)O. The Balaban J connectivity index is 2.32. The zero-order valence-electron chi connectivity index (χ0n) is 9.52. The molecule has 2 aromatic rings. The molecule has 0 saturated carbocycles. The van der Waals surface area contributed by atoms with Crippen molar-refractivity contribution < 1.29 is 14.3 Å². The number of aromatic nitrogens is 2. The van der Waals surface area contributed by atoms with Gasteiger partial charge in [0.1, 0.15) is 11.4 Å². The summed E-state index contributed by atoms with van der Waals surface area (Å²) >= 11 is 3.16. The molecule has 0 spiro atoms. The van der Waals surface area contributed by atoms with Crippen molar-refractivity contribution in [3.05, 3.63) is 51.5 Å². The lowest BCUT2D eigenvalue weighted by Crippen LogP contribution is -2.02. The van der Waals surface area contributed by atoms with Crippen molar-refractivity contribution in [1.82, 2.24) is 9.78 Å². The first-order chi connectivity index (χ1) is 8.49. The number of carboxylic acids is 1. The summed E-state index contributed by atoms with van der Waals surface area (Å²) in [5.41, 5.74) is 1.30. The first-order valence-electron chi connectivity index (χ1n) is 5.19. The van der Waals surface area contributed by atoms with Gasteiger partial charge in [0.25, 0.3) is 0 Å². The van der Waals surface area contributed by atoms with E-state index in [1.54, 1.807) is 19.1 Å². The van der Waals surface area contributed by atoms with Crippen molar-refractivity contribution in [2.45, 2.75) is 13.5 Å². The summed E-state index contributed by atoms with van der Waals surface area (Å²) in [6.45, 7) is 1.94. The number of hydrogen-bond donors (Lipinski definition) is 1. The number of nitrogens with zero attached hydrogens (tertiary/aromatic N) is 2. The second-order valence-electron chi connectivity index (χ2n) is 3.84. The third-order valence-corrected chi connectivity index (χ3v) is 3.43. The molecule has 1 heterocycles. The molecule has 18 heavy (non-hydrogen) atoms. The number of carboxylic acid groups (broad SMARTS) is 1. The molecule has 0 saturated heterocycles. The van der Waals surface area contributed by atoms with E-state index in [2.05, 4.69) is 21.0 Å². The Bertz CT molecular complexity index is 610. The summed E-state index contributed by atoms with van der Waals surface area (Å²) in [6, 6.07) is 4.71. The summed E-state index contributed by atoms with van der Waals surface area (Å²) in [5.74, 6) is -1.37. The molecular formula is C12H10BrFN2O2. The number of hydrogen-bond acceptors (Lipinski definition) is 2. The summed E-state index contributed by atoms with van der Waals surface area (Å²) in [4.78, 5) is 10.9. The Morgan fingerprint density at radius 1 is 1.56 bits per heavy atom. The second kappa shape index (κ2) is 4.89. The monoisotopic (exact) mass is 312 g/mol. The van der Waals surface area contributed by atoms with Crippen molar-refractivity contribution >= 4 is 21.9 Å². The van der Waals surface area contributed by atoms with E-state index in [9.17, 15) is 9.18 Å². The molecule has 0 fully saturated rings. The van der Waals surface area contributed by atoms with Gasteiger partial charge in [-0.2, -0.15) is 5.10 Å².